The Kier molecular flexibility index (Phi) is 5.65. The van der Waals surface area contributed by atoms with Crippen LogP contribution < -0.4 is 16.0 Å². The van der Waals surface area contributed by atoms with E-state index in [1.807, 2.05) is 6.07 Å². The van der Waals surface area contributed by atoms with Gasteiger partial charge in [-0.25, -0.2) is 9.18 Å². The second kappa shape index (κ2) is 7.76. The lowest BCUT2D eigenvalue weighted by molar-refractivity contribution is 0.143. The number of benzene rings is 1. The van der Waals surface area contributed by atoms with Crippen LogP contribution in [0.2, 0.25) is 0 Å². The number of anilines is 1. The highest BCUT2D eigenvalue weighted by molar-refractivity contribution is 7.91. The number of hydrogen-bond donors (Lipinski definition) is 2. The van der Waals surface area contributed by atoms with Gasteiger partial charge in [-0.05, 0) is 48.7 Å². The fraction of sp³-hybridized carbons (Fsp3) is 0.500. The summed E-state index contributed by atoms with van der Waals surface area (Å²) in [6, 6.07) is 4.92. The largest absolute Gasteiger partial charge is 0.616 e. The number of nitrogens with zero attached hydrogens (tertiary/aromatic N) is 1. The molecule has 3 rings (SSSR count). The lowest BCUT2D eigenvalue weighted by Gasteiger charge is -2.25. The molecular weight excluding hydrogens is 365 g/mol. The molecule has 6 nitrogen and oxygen atoms in total. The summed E-state index contributed by atoms with van der Waals surface area (Å²) in [6.45, 7) is 0.517. The van der Waals surface area contributed by atoms with Gasteiger partial charge in [0.25, 0.3) is 0 Å². The first-order valence-electron chi connectivity index (χ1n) is 8.10. The molecule has 0 aliphatic carbocycles. The van der Waals surface area contributed by atoms with Crippen molar-refractivity contribution in [1.29, 1.82) is 0 Å². The smallest absolute Gasteiger partial charge is 0.414 e. The van der Waals surface area contributed by atoms with Gasteiger partial charge in [0.1, 0.15) is 23.4 Å². The van der Waals surface area contributed by atoms with E-state index >= 15 is 0 Å². The van der Waals surface area contributed by atoms with E-state index in [4.69, 9.17) is 22.7 Å². The molecule has 25 heavy (non-hydrogen) atoms. The Morgan fingerprint density at radius 1 is 1.48 bits per heavy atom. The zero-order valence-electron chi connectivity index (χ0n) is 13.6. The summed E-state index contributed by atoms with van der Waals surface area (Å²) in [4.78, 5) is 13.3. The number of thiocarbonyl (C=S) groups is 1. The molecule has 2 heterocycles. The van der Waals surface area contributed by atoms with Gasteiger partial charge >= 0.3 is 6.09 Å². The third-order valence-electron chi connectivity index (χ3n) is 4.50. The molecule has 2 saturated heterocycles. The first kappa shape index (κ1) is 18.2. The number of nitrogens with one attached hydrogen (secondary N) is 1. The maximum atomic E-state index is 14.6. The summed E-state index contributed by atoms with van der Waals surface area (Å²) in [5.41, 5.74) is 6.44. The number of carbonyl (C=O) groups excluding carboxylic acids is 1. The minimum Gasteiger partial charge on any atom is -0.616 e. The molecule has 2 fully saturated rings. The summed E-state index contributed by atoms with van der Waals surface area (Å²) in [7, 11) is 0. The van der Waals surface area contributed by atoms with Crippen molar-refractivity contribution >= 4 is 40.3 Å². The van der Waals surface area contributed by atoms with Crippen molar-refractivity contribution in [3.8, 4) is 0 Å². The summed E-state index contributed by atoms with van der Waals surface area (Å²) < 4.78 is 31.2. The SMILES string of the molecule is NC(=S)NC[C@H]1CN(c2ccc([C@H]3CC[S@+]([O-])CC3)cc2F)C(=O)O1. The Morgan fingerprint density at radius 3 is 2.84 bits per heavy atom. The van der Waals surface area contributed by atoms with Crippen molar-refractivity contribution in [2.45, 2.75) is 24.9 Å². The van der Waals surface area contributed by atoms with E-state index in [1.54, 1.807) is 6.07 Å². The molecule has 0 aromatic heterocycles. The quantitative estimate of drug-likeness (QED) is 0.605. The maximum absolute atomic E-state index is 14.6. The molecule has 1 aromatic rings. The summed E-state index contributed by atoms with van der Waals surface area (Å²) in [5.74, 6) is 1.08. The number of halogens is 1. The predicted molar refractivity (Wildman–Crippen MR) is 98.7 cm³/mol. The molecular formula is C16H20FN3O3S2. The average Bonchev–Trinajstić information content (AvgIpc) is 2.94. The molecule has 1 atom stereocenters. The Hall–Kier alpha value is -1.58. The van der Waals surface area contributed by atoms with Gasteiger partial charge < -0.3 is 20.3 Å². The average molecular weight is 385 g/mol. The summed E-state index contributed by atoms with van der Waals surface area (Å²) >= 11 is 3.97. The van der Waals surface area contributed by atoms with Crippen molar-refractivity contribution in [3.63, 3.8) is 0 Å². The Labute approximate surface area is 154 Å². The van der Waals surface area contributed by atoms with Crippen LogP contribution in [0.15, 0.2) is 18.2 Å². The normalized spacial score (nSPS) is 26.4. The minimum atomic E-state index is -0.748. The molecule has 0 radical (unpaired) electrons. The summed E-state index contributed by atoms with van der Waals surface area (Å²) in [5, 5.41) is 2.86. The van der Waals surface area contributed by atoms with E-state index < -0.39 is 29.2 Å². The molecule has 0 spiro atoms. The van der Waals surface area contributed by atoms with E-state index in [9.17, 15) is 13.7 Å². The number of rotatable bonds is 4. The fourth-order valence-corrected chi connectivity index (χ4v) is 4.54. The second-order valence-electron chi connectivity index (χ2n) is 6.19. The van der Waals surface area contributed by atoms with Crippen LogP contribution >= 0.6 is 12.2 Å². The zero-order valence-corrected chi connectivity index (χ0v) is 15.2. The van der Waals surface area contributed by atoms with Crippen LogP contribution in [0.3, 0.4) is 0 Å². The number of nitrogens with two attached hydrogens (primary N) is 1. The molecule has 2 aliphatic heterocycles. The highest BCUT2D eigenvalue weighted by atomic mass is 32.2. The van der Waals surface area contributed by atoms with Crippen molar-refractivity contribution in [3.05, 3.63) is 29.6 Å². The molecule has 9 heteroatoms. The molecule has 0 bridgehead atoms. The van der Waals surface area contributed by atoms with Crippen LogP contribution in [0.1, 0.15) is 24.3 Å². The molecule has 3 N–H and O–H groups in total. The van der Waals surface area contributed by atoms with E-state index in [2.05, 4.69) is 5.32 Å². The Morgan fingerprint density at radius 2 is 2.20 bits per heavy atom. The zero-order chi connectivity index (χ0) is 18.0. The van der Waals surface area contributed by atoms with Gasteiger partial charge in [0.05, 0.1) is 18.8 Å². The van der Waals surface area contributed by atoms with Gasteiger partial charge in [-0.15, -0.1) is 0 Å². The number of carbonyl (C=O) groups is 1. The summed E-state index contributed by atoms with van der Waals surface area (Å²) in [6.07, 6.45) is 0.559. The lowest BCUT2D eigenvalue weighted by Crippen LogP contribution is -2.37. The van der Waals surface area contributed by atoms with Crippen LogP contribution in [-0.4, -0.2) is 46.5 Å². The van der Waals surface area contributed by atoms with Crippen LogP contribution in [-0.2, 0) is 15.9 Å². The van der Waals surface area contributed by atoms with Crippen molar-refractivity contribution in [2.24, 2.45) is 5.73 Å². The van der Waals surface area contributed by atoms with Crippen molar-refractivity contribution in [2.75, 3.05) is 29.5 Å². The van der Waals surface area contributed by atoms with Crippen molar-refractivity contribution < 1.29 is 18.5 Å². The second-order valence-corrected chi connectivity index (χ2v) is 8.33. The standard InChI is InChI=1S/C16H20FN3O3S2/c17-13-7-11(10-3-5-25(22)6-4-10)1-2-14(13)20-9-12(23-16(20)21)8-19-15(18)24/h1-2,7,10,12H,3-6,8-9H2,(H3,18,19,24)/t10-,12-,25-/m0/s1. The minimum absolute atomic E-state index is 0.124. The van der Waals surface area contributed by atoms with Gasteiger partial charge in [-0.3, -0.25) is 4.90 Å². The van der Waals surface area contributed by atoms with Gasteiger partial charge in [0.15, 0.2) is 5.11 Å². The third-order valence-corrected chi connectivity index (χ3v) is 6.03. The van der Waals surface area contributed by atoms with Crippen LogP contribution in [0.25, 0.3) is 0 Å². The monoisotopic (exact) mass is 385 g/mol. The lowest BCUT2D eigenvalue weighted by atomic mass is 9.93. The number of ether oxygens (including phenoxy) is 1. The van der Waals surface area contributed by atoms with E-state index in [0.717, 1.165) is 18.4 Å². The van der Waals surface area contributed by atoms with E-state index in [-0.39, 0.29) is 29.8 Å². The molecule has 0 saturated carbocycles. The van der Waals surface area contributed by atoms with Gasteiger partial charge in [0, 0.05) is 0 Å². The Balaban J connectivity index is 1.68. The van der Waals surface area contributed by atoms with Gasteiger partial charge in [0.2, 0.25) is 0 Å². The number of amides is 1. The first-order chi connectivity index (χ1) is 11.9. The molecule has 2 aliphatic rings. The van der Waals surface area contributed by atoms with E-state index in [1.165, 1.54) is 11.0 Å². The van der Waals surface area contributed by atoms with Gasteiger partial charge in [-0.1, -0.05) is 17.2 Å². The molecule has 0 unspecified atom stereocenters. The highest BCUT2D eigenvalue weighted by Gasteiger charge is 2.34. The first-order valence-corrected chi connectivity index (χ1v) is 9.99. The fourth-order valence-electron chi connectivity index (χ4n) is 3.16. The highest BCUT2D eigenvalue weighted by Crippen LogP contribution is 2.32. The Bertz CT molecular complexity index is 668. The molecule has 136 valence electrons. The molecule has 1 amide bonds. The van der Waals surface area contributed by atoms with Crippen LogP contribution in [0.5, 0.6) is 0 Å². The third kappa shape index (κ3) is 4.34. The maximum Gasteiger partial charge on any atom is 0.414 e. The topological polar surface area (TPSA) is 90.6 Å². The molecule has 1 aromatic carbocycles. The predicted octanol–water partition coefficient (Wildman–Crippen LogP) is 1.61. The van der Waals surface area contributed by atoms with Crippen LogP contribution in [0, 0.1) is 5.82 Å². The van der Waals surface area contributed by atoms with Crippen LogP contribution in [0.4, 0.5) is 14.9 Å². The number of hydrogen-bond acceptors (Lipinski definition) is 4. The van der Waals surface area contributed by atoms with Crippen molar-refractivity contribution in [1.82, 2.24) is 5.32 Å². The van der Waals surface area contributed by atoms with Gasteiger partial charge in [-0.2, -0.15) is 0 Å². The van der Waals surface area contributed by atoms with E-state index in [0.29, 0.717) is 11.5 Å². The number of cyclic esters (lactones) is 1.